The number of carbonyl (C=O) groups excluding carboxylic acids is 1. The third kappa shape index (κ3) is 3.72. The fourth-order valence-corrected chi connectivity index (χ4v) is 3.49. The molecule has 6 heteroatoms. The van der Waals surface area contributed by atoms with Crippen molar-refractivity contribution in [1.82, 2.24) is 9.97 Å². The predicted octanol–water partition coefficient (Wildman–Crippen LogP) is 4.08. The fraction of sp³-hybridized carbons (Fsp3) is 0.0625. The summed E-state index contributed by atoms with van der Waals surface area (Å²) in [5.74, 6) is 0.620. The average molecular weight is 327 g/mol. The molecule has 1 aromatic carbocycles. The van der Waals surface area contributed by atoms with Crippen molar-refractivity contribution in [3.63, 3.8) is 0 Å². The van der Waals surface area contributed by atoms with Crippen LogP contribution in [0, 0.1) is 0 Å². The van der Waals surface area contributed by atoms with Crippen molar-refractivity contribution in [3.05, 3.63) is 70.9 Å². The Balaban J connectivity index is 1.74. The maximum atomic E-state index is 12.4. The van der Waals surface area contributed by atoms with Gasteiger partial charge in [0.2, 0.25) is 0 Å². The van der Waals surface area contributed by atoms with E-state index < -0.39 is 0 Å². The van der Waals surface area contributed by atoms with Crippen molar-refractivity contribution in [2.45, 2.75) is 10.6 Å². The second kappa shape index (κ2) is 7.20. The molecule has 4 nitrogen and oxygen atoms in total. The smallest absolute Gasteiger partial charge is 0.256 e. The number of hydrogen-bond donors (Lipinski definition) is 1. The van der Waals surface area contributed by atoms with E-state index in [0.717, 1.165) is 16.3 Å². The summed E-state index contributed by atoms with van der Waals surface area (Å²) in [4.78, 5) is 21.6. The highest BCUT2D eigenvalue weighted by atomic mass is 32.2. The van der Waals surface area contributed by atoms with E-state index in [1.54, 1.807) is 41.6 Å². The van der Waals surface area contributed by atoms with Crippen LogP contribution in [0.25, 0.3) is 0 Å². The van der Waals surface area contributed by atoms with Crippen molar-refractivity contribution in [2.24, 2.45) is 0 Å². The quantitative estimate of drug-likeness (QED) is 0.717. The van der Waals surface area contributed by atoms with Gasteiger partial charge in [-0.05, 0) is 24.3 Å². The van der Waals surface area contributed by atoms with Gasteiger partial charge in [0.05, 0.1) is 28.7 Å². The van der Waals surface area contributed by atoms with E-state index >= 15 is 0 Å². The molecular weight excluding hydrogens is 314 g/mol. The van der Waals surface area contributed by atoms with Gasteiger partial charge in [-0.15, -0.1) is 23.1 Å². The van der Waals surface area contributed by atoms with E-state index in [1.165, 1.54) is 0 Å². The number of carbonyl (C=O) groups is 1. The number of nitrogens with zero attached hydrogens (tertiary/aromatic N) is 2. The Hall–Kier alpha value is -2.18. The molecule has 110 valence electrons. The summed E-state index contributed by atoms with van der Waals surface area (Å²) >= 11 is 3.19. The molecule has 0 spiro atoms. The zero-order chi connectivity index (χ0) is 15.2. The standard InChI is InChI=1S/C16H13N3OS2/c20-16(19-12-4-3-7-17-8-12)14-5-1-2-6-15(14)22-10-13-9-21-11-18-13/h1-9,11H,10H2,(H,19,20). The number of pyridine rings is 1. The number of hydrogen-bond acceptors (Lipinski definition) is 5. The van der Waals surface area contributed by atoms with Crippen LogP contribution in [0.3, 0.4) is 0 Å². The zero-order valence-corrected chi connectivity index (χ0v) is 13.2. The topological polar surface area (TPSA) is 54.9 Å². The molecule has 0 radical (unpaired) electrons. The Labute approximate surface area is 136 Å². The van der Waals surface area contributed by atoms with Gasteiger partial charge in [0.15, 0.2) is 0 Å². The number of thiazole rings is 1. The first-order valence-corrected chi connectivity index (χ1v) is 8.56. The molecule has 22 heavy (non-hydrogen) atoms. The zero-order valence-electron chi connectivity index (χ0n) is 11.6. The monoisotopic (exact) mass is 327 g/mol. The van der Waals surface area contributed by atoms with E-state index in [4.69, 9.17) is 0 Å². The summed E-state index contributed by atoms with van der Waals surface area (Å²) in [6.45, 7) is 0. The minimum absolute atomic E-state index is 0.130. The van der Waals surface area contributed by atoms with Crippen molar-refractivity contribution in [1.29, 1.82) is 0 Å². The maximum absolute atomic E-state index is 12.4. The van der Waals surface area contributed by atoms with Crippen molar-refractivity contribution in [3.8, 4) is 0 Å². The lowest BCUT2D eigenvalue weighted by molar-refractivity contribution is 0.102. The minimum Gasteiger partial charge on any atom is -0.321 e. The van der Waals surface area contributed by atoms with Gasteiger partial charge < -0.3 is 5.32 Å². The average Bonchev–Trinajstić information content (AvgIpc) is 3.07. The molecule has 2 aromatic heterocycles. The molecule has 3 rings (SSSR count). The van der Waals surface area contributed by atoms with Crippen molar-refractivity contribution >= 4 is 34.7 Å². The molecule has 0 saturated carbocycles. The molecule has 2 heterocycles. The largest absolute Gasteiger partial charge is 0.321 e. The van der Waals surface area contributed by atoms with Crippen LogP contribution >= 0.6 is 23.1 Å². The summed E-state index contributed by atoms with van der Waals surface area (Å²) in [6, 6.07) is 11.2. The van der Waals surface area contributed by atoms with Gasteiger partial charge in [-0.2, -0.15) is 0 Å². The lowest BCUT2D eigenvalue weighted by atomic mass is 10.2. The van der Waals surface area contributed by atoms with E-state index in [1.807, 2.05) is 41.2 Å². The first kappa shape index (κ1) is 14.7. The van der Waals surface area contributed by atoms with E-state index in [2.05, 4.69) is 15.3 Å². The van der Waals surface area contributed by atoms with Crippen LogP contribution in [0.15, 0.2) is 64.6 Å². The van der Waals surface area contributed by atoms with Crippen molar-refractivity contribution in [2.75, 3.05) is 5.32 Å². The second-order valence-electron chi connectivity index (χ2n) is 4.46. The minimum atomic E-state index is -0.130. The molecule has 0 fully saturated rings. The molecule has 1 N–H and O–H groups in total. The molecular formula is C16H13N3OS2. The van der Waals surface area contributed by atoms with Gasteiger partial charge in [0, 0.05) is 22.2 Å². The molecule has 0 aliphatic heterocycles. The maximum Gasteiger partial charge on any atom is 0.256 e. The van der Waals surface area contributed by atoms with Crippen LogP contribution in [0.1, 0.15) is 16.1 Å². The van der Waals surface area contributed by atoms with Gasteiger partial charge in [-0.3, -0.25) is 9.78 Å². The third-order valence-corrected chi connectivity index (χ3v) is 4.65. The SMILES string of the molecule is O=C(Nc1cccnc1)c1ccccc1SCc1cscn1. The molecule has 0 atom stereocenters. The van der Waals surface area contributed by atoms with Gasteiger partial charge in [0.1, 0.15) is 0 Å². The molecule has 0 saturated heterocycles. The highest BCUT2D eigenvalue weighted by Crippen LogP contribution is 2.26. The van der Waals surface area contributed by atoms with E-state index in [-0.39, 0.29) is 5.91 Å². The van der Waals surface area contributed by atoms with Crippen LogP contribution in [0.2, 0.25) is 0 Å². The van der Waals surface area contributed by atoms with Gasteiger partial charge in [-0.25, -0.2) is 4.98 Å². The predicted molar refractivity (Wildman–Crippen MR) is 90.3 cm³/mol. The van der Waals surface area contributed by atoms with Crippen LogP contribution in [0.5, 0.6) is 0 Å². The van der Waals surface area contributed by atoms with Crippen LogP contribution in [-0.4, -0.2) is 15.9 Å². The molecule has 1 amide bonds. The van der Waals surface area contributed by atoms with Crippen LogP contribution in [0.4, 0.5) is 5.69 Å². The first-order chi connectivity index (χ1) is 10.8. The van der Waals surface area contributed by atoms with E-state index in [0.29, 0.717) is 11.3 Å². The van der Waals surface area contributed by atoms with Crippen molar-refractivity contribution < 1.29 is 4.79 Å². The second-order valence-corrected chi connectivity index (χ2v) is 6.20. The van der Waals surface area contributed by atoms with Gasteiger partial charge in [0.25, 0.3) is 5.91 Å². The summed E-state index contributed by atoms with van der Waals surface area (Å²) in [5.41, 5.74) is 4.19. The Morgan fingerprint density at radius 2 is 2.14 bits per heavy atom. The Morgan fingerprint density at radius 3 is 2.91 bits per heavy atom. The molecule has 3 aromatic rings. The fourth-order valence-electron chi connectivity index (χ4n) is 1.88. The normalized spacial score (nSPS) is 10.4. The molecule has 0 unspecified atom stereocenters. The highest BCUT2D eigenvalue weighted by Gasteiger charge is 2.12. The molecule has 0 bridgehead atoms. The summed E-state index contributed by atoms with van der Waals surface area (Å²) in [6.07, 6.45) is 3.30. The summed E-state index contributed by atoms with van der Waals surface area (Å²) in [5, 5.41) is 4.88. The summed E-state index contributed by atoms with van der Waals surface area (Å²) < 4.78 is 0. The van der Waals surface area contributed by atoms with Gasteiger partial charge in [-0.1, -0.05) is 12.1 Å². The first-order valence-electron chi connectivity index (χ1n) is 6.63. The Morgan fingerprint density at radius 1 is 1.23 bits per heavy atom. The number of benzene rings is 1. The number of anilines is 1. The number of aromatic nitrogens is 2. The van der Waals surface area contributed by atoms with Gasteiger partial charge >= 0.3 is 0 Å². The lowest BCUT2D eigenvalue weighted by Crippen LogP contribution is -2.13. The number of nitrogens with one attached hydrogen (secondary N) is 1. The lowest BCUT2D eigenvalue weighted by Gasteiger charge is -2.09. The Bertz CT molecular complexity index is 745. The number of amides is 1. The summed E-state index contributed by atoms with van der Waals surface area (Å²) in [7, 11) is 0. The molecule has 0 aliphatic rings. The van der Waals surface area contributed by atoms with E-state index in [9.17, 15) is 4.79 Å². The number of thioether (sulfide) groups is 1. The van der Waals surface area contributed by atoms with Crippen LogP contribution in [-0.2, 0) is 5.75 Å². The Kier molecular flexibility index (Phi) is 4.82. The highest BCUT2D eigenvalue weighted by molar-refractivity contribution is 7.98. The number of rotatable bonds is 5. The molecule has 0 aliphatic carbocycles. The third-order valence-electron chi connectivity index (χ3n) is 2.91. The van der Waals surface area contributed by atoms with Crippen LogP contribution < -0.4 is 5.32 Å².